The summed E-state index contributed by atoms with van der Waals surface area (Å²) in [6, 6.07) is 14.2. The van der Waals surface area contributed by atoms with Crippen LogP contribution in [0.1, 0.15) is 36.8 Å². The lowest BCUT2D eigenvalue weighted by molar-refractivity contribution is 0.165. The van der Waals surface area contributed by atoms with E-state index in [4.69, 9.17) is 0 Å². The van der Waals surface area contributed by atoms with Crippen molar-refractivity contribution in [2.75, 3.05) is 6.54 Å². The first-order valence-electron chi connectivity index (χ1n) is 8.48. The van der Waals surface area contributed by atoms with Gasteiger partial charge >= 0.3 is 0 Å². The summed E-state index contributed by atoms with van der Waals surface area (Å²) in [5.41, 5.74) is 2.98. The summed E-state index contributed by atoms with van der Waals surface area (Å²) in [6.07, 6.45) is -0.363. The lowest BCUT2D eigenvalue weighted by Gasteiger charge is -2.32. The molecule has 6 heteroatoms. The van der Waals surface area contributed by atoms with E-state index in [9.17, 15) is 13.5 Å². The Bertz CT molecular complexity index is 835. The van der Waals surface area contributed by atoms with Crippen LogP contribution in [0, 0.1) is 0 Å². The Morgan fingerprint density at radius 3 is 2.48 bits per heavy atom. The summed E-state index contributed by atoms with van der Waals surface area (Å²) in [5, 5.41) is 10.4. The number of sulfonamides is 1. The number of hydrogen-bond acceptors (Lipinski definition) is 4. The Morgan fingerprint density at radius 1 is 1.08 bits per heavy atom. The van der Waals surface area contributed by atoms with Gasteiger partial charge in [-0.2, -0.15) is 4.72 Å². The van der Waals surface area contributed by atoms with E-state index >= 15 is 0 Å². The molecule has 0 fully saturated rings. The second kappa shape index (κ2) is 7.25. The molecule has 0 aliphatic carbocycles. The van der Waals surface area contributed by atoms with E-state index < -0.39 is 16.3 Å². The number of aliphatic hydroxyl groups is 1. The zero-order chi connectivity index (χ0) is 18.0. The predicted molar refractivity (Wildman–Crippen MR) is 97.4 cm³/mol. The van der Waals surface area contributed by atoms with Gasteiger partial charge in [0.1, 0.15) is 6.23 Å². The van der Waals surface area contributed by atoms with Gasteiger partial charge in [-0.1, -0.05) is 36.4 Å². The first-order chi connectivity index (χ1) is 11.9. The largest absolute Gasteiger partial charge is 0.373 e. The van der Waals surface area contributed by atoms with Crippen LogP contribution in [0.2, 0.25) is 0 Å². The average Bonchev–Trinajstić information content (AvgIpc) is 2.61. The monoisotopic (exact) mass is 360 g/mol. The number of fused-ring (bicyclic) bond motifs is 1. The quantitative estimate of drug-likeness (QED) is 0.804. The van der Waals surface area contributed by atoms with Crippen LogP contribution in [0.25, 0.3) is 0 Å². The summed E-state index contributed by atoms with van der Waals surface area (Å²) in [5.74, 6) is 0. The summed E-state index contributed by atoms with van der Waals surface area (Å²) >= 11 is 0. The Hall–Kier alpha value is -1.73. The van der Waals surface area contributed by atoms with E-state index in [1.807, 2.05) is 12.1 Å². The molecule has 0 saturated heterocycles. The molecule has 1 atom stereocenters. The average molecular weight is 360 g/mol. The summed E-state index contributed by atoms with van der Waals surface area (Å²) in [6.45, 7) is 6.22. The van der Waals surface area contributed by atoms with Gasteiger partial charge in [-0.15, -0.1) is 0 Å². The zero-order valence-electron chi connectivity index (χ0n) is 14.5. The summed E-state index contributed by atoms with van der Waals surface area (Å²) in [7, 11) is -3.76. The molecule has 0 bridgehead atoms. The van der Waals surface area contributed by atoms with E-state index in [0.29, 0.717) is 11.6 Å². The molecule has 0 amide bonds. The minimum absolute atomic E-state index is 0.139. The maximum absolute atomic E-state index is 12.3. The molecule has 25 heavy (non-hydrogen) atoms. The third-order valence-corrected chi connectivity index (χ3v) is 6.06. The summed E-state index contributed by atoms with van der Waals surface area (Å²) in [4.78, 5) is 2.54. The topological polar surface area (TPSA) is 69.6 Å². The molecule has 2 aromatic rings. The van der Waals surface area contributed by atoms with Crippen LogP contribution in [0.3, 0.4) is 0 Å². The third-order valence-electron chi connectivity index (χ3n) is 4.64. The zero-order valence-corrected chi connectivity index (χ0v) is 15.3. The molecule has 1 heterocycles. The van der Waals surface area contributed by atoms with Gasteiger partial charge in [0.05, 0.1) is 4.90 Å². The van der Waals surface area contributed by atoms with Gasteiger partial charge in [-0.25, -0.2) is 8.42 Å². The Labute approximate surface area is 149 Å². The van der Waals surface area contributed by atoms with Gasteiger partial charge in [-0.3, -0.25) is 4.90 Å². The molecular formula is C19H24N2O3S. The number of hydrogen-bond donors (Lipinski definition) is 2. The number of benzene rings is 2. The van der Waals surface area contributed by atoms with E-state index in [2.05, 4.69) is 23.5 Å². The number of nitrogens with one attached hydrogen (secondary N) is 1. The van der Waals surface area contributed by atoms with E-state index in [1.54, 1.807) is 24.3 Å². The maximum Gasteiger partial charge on any atom is 0.242 e. The second-order valence-electron chi connectivity index (χ2n) is 6.68. The highest BCUT2D eigenvalue weighted by Crippen LogP contribution is 2.24. The fraction of sp³-hybridized carbons (Fsp3) is 0.368. The van der Waals surface area contributed by atoms with Crippen molar-refractivity contribution in [3.63, 3.8) is 0 Å². The molecule has 2 N–H and O–H groups in total. The van der Waals surface area contributed by atoms with Crippen LogP contribution in [0.15, 0.2) is 53.4 Å². The van der Waals surface area contributed by atoms with Crippen molar-refractivity contribution >= 4 is 10.0 Å². The SMILES string of the molecule is CC(C)N1CCc2cc(C(O)NS(=O)(=O)c3ccccc3)ccc2C1. The fourth-order valence-electron chi connectivity index (χ4n) is 3.09. The van der Waals surface area contributed by atoms with Crippen LogP contribution in [-0.2, 0) is 23.0 Å². The first kappa shape index (κ1) is 18.1. The Kier molecular flexibility index (Phi) is 5.24. The molecule has 5 nitrogen and oxygen atoms in total. The van der Waals surface area contributed by atoms with Gasteiger partial charge in [-0.05, 0) is 49.1 Å². The highest BCUT2D eigenvalue weighted by atomic mass is 32.2. The van der Waals surface area contributed by atoms with Crippen molar-refractivity contribution in [3.05, 3.63) is 65.2 Å². The molecule has 1 aliphatic heterocycles. The van der Waals surface area contributed by atoms with Gasteiger partial charge in [0, 0.05) is 19.1 Å². The molecule has 0 aromatic heterocycles. The van der Waals surface area contributed by atoms with E-state index in [1.165, 1.54) is 23.3 Å². The van der Waals surface area contributed by atoms with E-state index in [0.717, 1.165) is 19.5 Å². The van der Waals surface area contributed by atoms with Crippen LogP contribution < -0.4 is 4.72 Å². The fourth-order valence-corrected chi connectivity index (χ4v) is 4.17. The highest BCUT2D eigenvalue weighted by Gasteiger charge is 2.22. The Morgan fingerprint density at radius 2 is 1.80 bits per heavy atom. The van der Waals surface area contributed by atoms with Gasteiger partial charge < -0.3 is 5.11 Å². The predicted octanol–water partition coefficient (Wildman–Crippen LogP) is 2.42. The molecule has 0 radical (unpaired) electrons. The van der Waals surface area contributed by atoms with Crippen molar-refractivity contribution in [1.29, 1.82) is 0 Å². The van der Waals surface area contributed by atoms with Crippen molar-refractivity contribution in [1.82, 2.24) is 9.62 Å². The number of nitrogens with zero attached hydrogens (tertiary/aromatic N) is 1. The van der Waals surface area contributed by atoms with Crippen molar-refractivity contribution in [2.24, 2.45) is 0 Å². The molecule has 0 saturated carbocycles. The molecule has 0 spiro atoms. The maximum atomic E-state index is 12.3. The minimum Gasteiger partial charge on any atom is -0.373 e. The van der Waals surface area contributed by atoms with Crippen molar-refractivity contribution in [2.45, 2.75) is 44.0 Å². The second-order valence-corrected chi connectivity index (χ2v) is 8.39. The molecule has 3 rings (SSSR count). The minimum atomic E-state index is -3.76. The van der Waals surface area contributed by atoms with Crippen molar-refractivity contribution in [3.8, 4) is 0 Å². The van der Waals surface area contributed by atoms with Crippen LogP contribution in [-0.4, -0.2) is 31.0 Å². The lowest BCUT2D eigenvalue weighted by Crippen LogP contribution is -2.36. The normalized spacial score (nSPS) is 16.6. The van der Waals surface area contributed by atoms with Gasteiger partial charge in [0.2, 0.25) is 10.0 Å². The molecule has 1 aliphatic rings. The van der Waals surface area contributed by atoms with Gasteiger partial charge in [0.25, 0.3) is 0 Å². The number of aliphatic hydroxyl groups excluding tert-OH is 1. The smallest absolute Gasteiger partial charge is 0.242 e. The van der Waals surface area contributed by atoms with Crippen LogP contribution in [0.5, 0.6) is 0 Å². The van der Waals surface area contributed by atoms with E-state index in [-0.39, 0.29) is 4.90 Å². The number of rotatable bonds is 5. The lowest BCUT2D eigenvalue weighted by atomic mass is 9.96. The molecular weight excluding hydrogens is 336 g/mol. The Balaban J connectivity index is 1.77. The molecule has 134 valence electrons. The standard InChI is InChI=1S/C19H24N2O3S/c1-14(2)21-11-10-15-12-16(8-9-17(15)13-21)19(22)20-25(23,24)18-6-4-3-5-7-18/h3-9,12,14,19-20,22H,10-11,13H2,1-2H3. The first-order valence-corrected chi connectivity index (χ1v) is 9.96. The summed E-state index contributed by atoms with van der Waals surface area (Å²) < 4.78 is 27.0. The third kappa shape index (κ3) is 4.10. The van der Waals surface area contributed by atoms with Crippen LogP contribution in [0.4, 0.5) is 0 Å². The molecule has 1 unspecified atom stereocenters. The van der Waals surface area contributed by atoms with Crippen molar-refractivity contribution < 1.29 is 13.5 Å². The van der Waals surface area contributed by atoms with Crippen LogP contribution >= 0.6 is 0 Å². The highest BCUT2D eigenvalue weighted by molar-refractivity contribution is 7.89. The molecule has 2 aromatic carbocycles. The van der Waals surface area contributed by atoms with Gasteiger partial charge in [0.15, 0.2) is 0 Å².